The van der Waals surface area contributed by atoms with Crippen molar-refractivity contribution < 1.29 is 4.74 Å². The molecule has 0 radical (unpaired) electrons. The summed E-state index contributed by atoms with van der Waals surface area (Å²) in [6, 6.07) is 0. The van der Waals surface area contributed by atoms with Crippen LogP contribution in [0.25, 0.3) is 0 Å². The van der Waals surface area contributed by atoms with Crippen LogP contribution in [0.5, 0.6) is 5.75 Å². The normalized spacial score (nSPS) is 10.0. The summed E-state index contributed by atoms with van der Waals surface area (Å²) in [6.07, 6.45) is 1.64. The maximum Gasteiger partial charge on any atom is 0.160 e. The van der Waals surface area contributed by atoms with Gasteiger partial charge in [0.05, 0.1) is 11.4 Å². The smallest absolute Gasteiger partial charge is 0.160 e. The van der Waals surface area contributed by atoms with Crippen LogP contribution < -0.4 is 4.74 Å². The summed E-state index contributed by atoms with van der Waals surface area (Å²) in [5, 5.41) is 0.921. The van der Waals surface area contributed by atoms with E-state index in [2.05, 4.69) is 11.6 Å². The highest BCUT2D eigenvalue weighted by Gasteiger charge is 2.13. The predicted octanol–water partition coefficient (Wildman–Crippen LogP) is 3.57. The largest absolute Gasteiger partial charge is 0.486 e. The van der Waals surface area contributed by atoms with Gasteiger partial charge in [0.25, 0.3) is 0 Å². The highest BCUT2D eigenvalue weighted by atomic mass is 35.5. The van der Waals surface area contributed by atoms with E-state index in [-0.39, 0.29) is 0 Å². The van der Waals surface area contributed by atoms with E-state index in [9.17, 15) is 0 Å². The molecule has 0 aliphatic carbocycles. The minimum absolute atomic E-state index is 0.377. The third kappa shape index (κ3) is 2.20. The molecule has 1 rings (SSSR count). The van der Waals surface area contributed by atoms with Crippen molar-refractivity contribution >= 4 is 23.2 Å². The first-order chi connectivity index (χ1) is 6.57. The molecule has 0 bridgehead atoms. The van der Waals surface area contributed by atoms with Crippen molar-refractivity contribution in [3.8, 4) is 5.75 Å². The molecular weight excluding hydrogens is 221 g/mol. The standard InChI is InChI=1S/C10H11Cl2NO/c1-4-5-14-10-8(11)6(2)13-7(3)9(10)12/h4H,1,5H2,2-3H3. The molecule has 0 aliphatic heterocycles. The summed E-state index contributed by atoms with van der Waals surface area (Å²) >= 11 is 12.0. The molecule has 0 spiro atoms. The lowest BCUT2D eigenvalue weighted by Gasteiger charge is -2.11. The van der Waals surface area contributed by atoms with E-state index in [4.69, 9.17) is 27.9 Å². The number of aryl methyl sites for hydroxylation is 2. The monoisotopic (exact) mass is 231 g/mol. The highest BCUT2D eigenvalue weighted by molar-refractivity contribution is 6.37. The molecular formula is C10H11Cl2NO. The van der Waals surface area contributed by atoms with E-state index in [0.29, 0.717) is 33.8 Å². The van der Waals surface area contributed by atoms with Gasteiger partial charge in [0.15, 0.2) is 5.75 Å². The van der Waals surface area contributed by atoms with Gasteiger partial charge in [-0.3, -0.25) is 4.98 Å². The van der Waals surface area contributed by atoms with Gasteiger partial charge in [-0.05, 0) is 13.8 Å². The van der Waals surface area contributed by atoms with E-state index in [1.54, 1.807) is 6.08 Å². The summed E-state index contributed by atoms with van der Waals surface area (Å²) in [5.74, 6) is 0.484. The van der Waals surface area contributed by atoms with Crippen LogP contribution in [0.4, 0.5) is 0 Å². The molecule has 0 saturated heterocycles. The van der Waals surface area contributed by atoms with Crippen LogP contribution in [-0.2, 0) is 0 Å². The predicted molar refractivity (Wildman–Crippen MR) is 59.4 cm³/mol. The Bertz CT molecular complexity index is 337. The molecule has 0 aliphatic rings. The fourth-order valence-corrected chi connectivity index (χ4v) is 1.47. The number of nitrogens with zero attached hydrogens (tertiary/aromatic N) is 1. The fraction of sp³-hybridized carbons (Fsp3) is 0.300. The summed E-state index contributed by atoms with van der Waals surface area (Å²) in [6.45, 7) is 7.55. The van der Waals surface area contributed by atoms with Gasteiger partial charge in [-0.1, -0.05) is 35.9 Å². The number of aromatic nitrogens is 1. The van der Waals surface area contributed by atoms with Crippen molar-refractivity contribution in [2.75, 3.05) is 6.61 Å². The van der Waals surface area contributed by atoms with Crippen LogP contribution in [-0.4, -0.2) is 11.6 Å². The van der Waals surface area contributed by atoms with E-state index >= 15 is 0 Å². The number of pyridine rings is 1. The Hall–Kier alpha value is -0.730. The molecule has 1 aromatic rings. The van der Waals surface area contributed by atoms with Gasteiger partial charge in [0.1, 0.15) is 16.7 Å². The fourth-order valence-electron chi connectivity index (χ4n) is 1.04. The second-order valence-electron chi connectivity index (χ2n) is 2.84. The molecule has 1 heterocycles. The number of ether oxygens (including phenoxy) is 1. The molecule has 0 amide bonds. The maximum atomic E-state index is 6.00. The Kier molecular flexibility index (Phi) is 3.78. The van der Waals surface area contributed by atoms with Crippen molar-refractivity contribution in [3.63, 3.8) is 0 Å². The average Bonchev–Trinajstić information content (AvgIpc) is 2.15. The quantitative estimate of drug-likeness (QED) is 0.743. The number of rotatable bonds is 3. The molecule has 0 fully saturated rings. The van der Waals surface area contributed by atoms with Gasteiger partial charge in [0.2, 0.25) is 0 Å². The van der Waals surface area contributed by atoms with Crippen LogP contribution in [0.2, 0.25) is 10.0 Å². The summed E-state index contributed by atoms with van der Waals surface area (Å²) < 4.78 is 5.36. The van der Waals surface area contributed by atoms with Crippen molar-refractivity contribution in [1.29, 1.82) is 0 Å². The van der Waals surface area contributed by atoms with Gasteiger partial charge in [-0.2, -0.15) is 0 Å². The number of halogens is 2. The molecule has 76 valence electrons. The van der Waals surface area contributed by atoms with Crippen molar-refractivity contribution in [2.24, 2.45) is 0 Å². The Labute approximate surface area is 93.5 Å². The van der Waals surface area contributed by atoms with Gasteiger partial charge < -0.3 is 4.74 Å². The lowest BCUT2D eigenvalue weighted by Crippen LogP contribution is -1.99. The minimum atomic E-state index is 0.377. The Morgan fingerprint density at radius 2 is 1.79 bits per heavy atom. The Morgan fingerprint density at radius 3 is 2.21 bits per heavy atom. The lowest BCUT2D eigenvalue weighted by atomic mass is 10.3. The van der Waals surface area contributed by atoms with Crippen LogP contribution in [0.15, 0.2) is 12.7 Å². The topological polar surface area (TPSA) is 22.1 Å². The number of hydrogen-bond donors (Lipinski definition) is 0. The van der Waals surface area contributed by atoms with Gasteiger partial charge >= 0.3 is 0 Å². The first-order valence-corrected chi connectivity index (χ1v) is 4.89. The van der Waals surface area contributed by atoms with E-state index in [1.165, 1.54) is 0 Å². The molecule has 1 aromatic heterocycles. The third-order valence-electron chi connectivity index (χ3n) is 1.71. The molecule has 0 saturated carbocycles. The molecule has 0 unspecified atom stereocenters. The van der Waals surface area contributed by atoms with Gasteiger partial charge in [-0.15, -0.1) is 0 Å². The zero-order valence-electron chi connectivity index (χ0n) is 8.10. The van der Waals surface area contributed by atoms with E-state index in [1.807, 2.05) is 13.8 Å². The minimum Gasteiger partial charge on any atom is -0.486 e. The molecule has 0 N–H and O–H groups in total. The Balaban J connectivity index is 3.17. The summed E-state index contributed by atoms with van der Waals surface area (Å²) in [7, 11) is 0. The van der Waals surface area contributed by atoms with Crippen LogP contribution >= 0.6 is 23.2 Å². The summed E-state index contributed by atoms with van der Waals surface area (Å²) in [5.41, 5.74) is 1.43. The van der Waals surface area contributed by atoms with E-state index in [0.717, 1.165) is 0 Å². The first-order valence-electron chi connectivity index (χ1n) is 4.13. The van der Waals surface area contributed by atoms with Crippen LogP contribution in [0.1, 0.15) is 11.4 Å². The first kappa shape index (κ1) is 11.3. The number of hydrogen-bond acceptors (Lipinski definition) is 2. The zero-order chi connectivity index (χ0) is 10.7. The SMILES string of the molecule is C=CCOc1c(Cl)c(C)nc(C)c1Cl. The average molecular weight is 232 g/mol. The van der Waals surface area contributed by atoms with Gasteiger partial charge in [0, 0.05) is 0 Å². The highest BCUT2D eigenvalue weighted by Crippen LogP contribution is 2.36. The Morgan fingerprint density at radius 1 is 1.29 bits per heavy atom. The van der Waals surface area contributed by atoms with Crippen molar-refractivity contribution in [3.05, 3.63) is 34.1 Å². The molecule has 2 nitrogen and oxygen atoms in total. The summed E-state index contributed by atoms with van der Waals surface area (Å²) in [4.78, 5) is 4.17. The molecule has 0 aromatic carbocycles. The molecule has 14 heavy (non-hydrogen) atoms. The maximum absolute atomic E-state index is 6.00. The van der Waals surface area contributed by atoms with Crippen LogP contribution in [0.3, 0.4) is 0 Å². The van der Waals surface area contributed by atoms with Gasteiger partial charge in [-0.25, -0.2) is 0 Å². The lowest BCUT2D eigenvalue weighted by molar-refractivity contribution is 0.362. The zero-order valence-corrected chi connectivity index (χ0v) is 9.61. The third-order valence-corrected chi connectivity index (χ3v) is 2.61. The van der Waals surface area contributed by atoms with E-state index < -0.39 is 0 Å². The second kappa shape index (κ2) is 4.67. The van der Waals surface area contributed by atoms with Crippen molar-refractivity contribution in [2.45, 2.75) is 13.8 Å². The molecule has 4 heteroatoms. The van der Waals surface area contributed by atoms with Crippen LogP contribution in [0, 0.1) is 13.8 Å². The van der Waals surface area contributed by atoms with Crippen molar-refractivity contribution in [1.82, 2.24) is 4.98 Å². The second-order valence-corrected chi connectivity index (χ2v) is 3.60. The molecule has 0 atom stereocenters.